The second kappa shape index (κ2) is 6.28. The lowest BCUT2D eigenvalue weighted by molar-refractivity contribution is -0.137. The van der Waals surface area contributed by atoms with Gasteiger partial charge in [-0.05, 0) is 36.4 Å². The van der Waals surface area contributed by atoms with E-state index < -0.39 is 26.7 Å². The van der Waals surface area contributed by atoms with Crippen molar-refractivity contribution in [3.05, 3.63) is 59.8 Å². The average Bonchev–Trinajstić information content (AvgIpc) is 2.93. The van der Waals surface area contributed by atoms with E-state index in [1.165, 1.54) is 6.20 Å². The van der Waals surface area contributed by atoms with Crippen LogP contribution in [0.5, 0.6) is 5.75 Å². The fourth-order valence-electron chi connectivity index (χ4n) is 3.15. The van der Waals surface area contributed by atoms with Gasteiger partial charge in [0.25, 0.3) is 10.0 Å². The van der Waals surface area contributed by atoms with E-state index in [1.54, 1.807) is 18.2 Å². The number of fused-ring (bicyclic) bond motifs is 3. The van der Waals surface area contributed by atoms with Crippen LogP contribution in [0.1, 0.15) is 11.1 Å². The van der Waals surface area contributed by atoms with E-state index >= 15 is 0 Å². The van der Waals surface area contributed by atoms with Gasteiger partial charge in [0, 0.05) is 30.2 Å². The number of alkyl halides is 3. The number of rotatable bonds is 2. The number of hydrogen-bond acceptors (Lipinski definition) is 4. The van der Waals surface area contributed by atoms with Crippen molar-refractivity contribution in [2.75, 3.05) is 13.2 Å². The molecule has 0 fully saturated rings. The van der Waals surface area contributed by atoms with Crippen molar-refractivity contribution >= 4 is 20.9 Å². The Hall–Kier alpha value is -2.52. The van der Waals surface area contributed by atoms with E-state index in [4.69, 9.17) is 4.74 Å². The van der Waals surface area contributed by atoms with E-state index in [-0.39, 0.29) is 0 Å². The van der Waals surface area contributed by atoms with Crippen LogP contribution in [0, 0.1) is 0 Å². The maximum atomic E-state index is 13.0. The van der Waals surface area contributed by atoms with Crippen molar-refractivity contribution in [3.8, 4) is 5.75 Å². The van der Waals surface area contributed by atoms with Gasteiger partial charge in [0.2, 0.25) is 0 Å². The number of nitrogens with one attached hydrogen (secondary N) is 1. The topological polar surface area (TPSA) is 60.3 Å². The molecule has 0 saturated heterocycles. The first-order valence-corrected chi connectivity index (χ1v) is 9.62. The number of benzene rings is 2. The molecule has 142 valence electrons. The molecule has 1 N–H and O–H groups in total. The van der Waals surface area contributed by atoms with E-state index in [9.17, 15) is 21.6 Å². The zero-order valence-corrected chi connectivity index (χ0v) is 14.8. The summed E-state index contributed by atoms with van der Waals surface area (Å²) in [5.41, 5.74) is 0.202. The molecule has 0 unspecified atom stereocenters. The van der Waals surface area contributed by atoms with Gasteiger partial charge in [0.05, 0.1) is 16.0 Å². The fraction of sp³-hybridized carbons (Fsp3) is 0.222. The highest BCUT2D eigenvalue weighted by atomic mass is 32.2. The minimum absolute atomic E-state index is 0.387. The third kappa shape index (κ3) is 3.06. The summed E-state index contributed by atoms with van der Waals surface area (Å²) in [4.78, 5) is -0.417. The van der Waals surface area contributed by atoms with Crippen LogP contribution in [0.4, 0.5) is 13.2 Å². The maximum absolute atomic E-state index is 13.0. The van der Waals surface area contributed by atoms with Gasteiger partial charge >= 0.3 is 6.18 Å². The number of aromatic nitrogens is 1. The smallest absolute Gasteiger partial charge is 0.416 e. The van der Waals surface area contributed by atoms with Crippen molar-refractivity contribution in [2.45, 2.75) is 17.6 Å². The predicted octanol–water partition coefficient (Wildman–Crippen LogP) is 3.38. The molecule has 1 aliphatic rings. The minimum Gasteiger partial charge on any atom is -0.492 e. The molecule has 0 bridgehead atoms. The van der Waals surface area contributed by atoms with Crippen LogP contribution >= 0.6 is 0 Å². The second-order valence-electron chi connectivity index (χ2n) is 6.14. The Morgan fingerprint density at radius 3 is 2.70 bits per heavy atom. The molecule has 0 amide bonds. The van der Waals surface area contributed by atoms with Crippen LogP contribution in [0.3, 0.4) is 0 Å². The Labute approximate surface area is 153 Å². The summed E-state index contributed by atoms with van der Waals surface area (Å²) in [6.07, 6.45) is -3.27. The molecule has 2 heterocycles. The molecule has 2 aromatic carbocycles. The van der Waals surface area contributed by atoms with Gasteiger partial charge in [-0.25, -0.2) is 12.4 Å². The first-order chi connectivity index (χ1) is 12.8. The maximum Gasteiger partial charge on any atom is 0.416 e. The van der Waals surface area contributed by atoms with Gasteiger partial charge in [0.1, 0.15) is 12.4 Å². The lowest BCUT2D eigenvalue weighted by Crippen LogP contribution is -2.16. The van der Waals surface area contributed by atoms with Gasteiger partial charge in [-0.3, -0.25) is 0 Å². The Morgan fingerprint density at radius 2 is 1.93 bits per heavy atom. The third-order valence-corrected chi connectivity index (χ3v) is 6.15. The molecule has 4 rings (SSSR count). The van der Waals surface area contributed by atoms with Crippen LogP contribution in [0.15, 0.2) is 53.6 Å². The van der Waals surface area contributed by atoms with Crippen LogP contribution in [0.2, 0.25) is 0 Å². The first-order valence-electron chi connectivity index (χ1n) is 8.18. The quantitative estimate of drug-likeness (QED) is 0.722. The summed E-state index contributed by atoms with van der Waals surface area (Å²) < 4.78 is 71.5. The van der Waals surface area contributed by atoms with Crippen molar-refractivity contribution in [2.24, 2.45) is 0 Å². The number of ether oxygens (including phenoxy) is 1. The van der Waals surface area contributed by atoms with Gasteiger partial charge in [-0.1, -0.05) is 6.07 Å². The Kier molecular flexibility index (Phi) is 4.15. The van der Waals surface area contributed by atoms with E-state index in [1.807, 2.05) is 0 Å². The summed E-state index contributed by atoms with van der Waals surface area (Å²) >= 11 is 0. The van der Waals surface area contributed by atoms with Crippen molar-refractivity contribution < 1.29 is 26.3 Å². The number of nitrogens with zero attached hydrogens (tertiary/aromatic N) is 1. The minimum atomic E-state index is -4.62. The Balaban J connectivity index is 1.86. The zero-order chi connectivity index (χ0) is 19.2. The van der Waals surface area contributed by atoms with E-state index in [0.717, 1.165) is 27.7 Å². The van der Waals surface area contributed by atoms with Gasteiger partial charge in [0.15, 0.2) is 0 Å². The number of halogens is 3. The normalized spacial score (nSPS) is 15.2. The highest BCUT2D eigenvalue weighted by molar-refractivity contribution is 7.90. The molecule has 0 saturated carbocycles. The summed E-state index contributed by atoms with van der Waals surface area (Å²) in [6, 6.07) is 8.66. The molecule has 0 atom stereocenters. The largest absolute Gasteiger partial charge is 0.492 e. The summed E-state index contributed by atoms with van der Waals surface area (Å²) in [5, 5.41) is 3.87. The van der Waals surface area contributed by atoms with E-state index in [0.29, 0.717) is 42.4 Å². The van der Waals surface area contributed by atoms with Gasteiger partial charge in [-0.15, -0.1) is 0 Å². The van der Waals surface area contributed by atoms with Gasteiger partial charge < -0.3 is 10.1 Å². The molecule has 0 radical (unpaired) electrons. The average molecular weight is 396 g/mol. The molecule has 9 heteroatoms. The zero-order valence-electron chi connectivity index (χ0n) is 14.0. The molecule has 5 nitrogen and oxygen atoms in total. The molecule has 27 heavy (non-hydrogen) atoms. The van der Waals surface area contributed by atoms with Crippen LogP contribution in [0.25, 0.3) is 10.9 Å². The van der Waals surface area contributed by atoms with E-state index in [2.05, 4.69) is 5.32 Å². The monoisotopic (exact) mass is 396 g/mol. The standard InChI is InChI=1S/C18H15F3N2O3S/c19-18(20,21)12-2-1-3-13(10-12)27(24,25)23-8-6-14-15-11-22-7-9-26-17(15)5-4-16(14)23/h1-6,8,10,22H,7,9,11H2. The molecular weight excluding hydrogens is 381 g/mol. The molecule has 1 aliphatic heterocycles. The lowest BCUT2D eigenvalue weighted by atomic mass is 10.1. The van der Waals surface area contributed by atoms with Crippen molar-refractivity contribution in [3.63, 3.8) is 0 Å². The summed E-state index contributed by atoms with van der Waals surface area (Å²) in [7, 11) is -4.19. The molecule has 0 aliphatic carbocycles. The fourth-order valence-corrected chi connectivity index (χ4v) is 4.55. The molecule has 0 spiro atoms. The lowest BCUT2D eigenvalue weighted by Gasteiger charge is -2.12. The SMILES string of the molecule is O=S(=O)(c1cccc(C(F)(F)F)c1)n1ccc2c3c(ccc21)OCCNC3. The predicted molar refractivity (Wildman–Crippen MR) is 93.2 cm³/mol. The highest BCUT2D eigenvalue weighted by Gasteiger charge is 2.32. The van der Waals surface area contributed by atoms with Gasteiger partial charge in [-0.2, -0.15) is 13.2 Å². The third-order valence-electron chi connectivity index (χ3n) is 4.46. The summed E-state index contributed by atoms with van der Waals surface area (Å²) in [6.45, 7) is 1.68. The van der Waals surface area contributed by atoms with Crippen LogP contribution < -0.4 is 10.1 Å². The van der Waals surface area contributed by atoms with Crippen molar-refractivity contribution in [1.82, 2.24) is 9.29 Å². The van der Waals surface area contributed by atoms with Crippen LogP contribution in [-0.4, -0.2) is 25.5 Å². The van der Waals surface area contributed by atoms with Crippen LogP contribution in [-0.2, 0) is 22.7 Å². The molecule has 3 aromatic rings. The summed E-state index contributed by atoms with van der Waals surface area (Å²) in [5.74, 6) is 0.668. The molecule has 1 aromatic heterocycles. The Bertz CT molecular complexity index is 1120. The van der Waals surface area contributed by atoms with Crippen molar-refractivity contribution in [1.29, 1.82) is 0 Å². The molecular formula is C18H15F3N2O3S. The Morgan fingerprint density at radius 1 is 1.11 bits per heavy atom. The first kappa shape index (κ1) is 17.9. The second-order valence-corrected chi connectivity index (χ2v) is 7.96. The highest BCUT2D eigenvalue weighted by Crippen LogP contribution is 2.34. The number of hydrogen-bond donors (Lipinski definition) is 1.